The molecule has 3 rings (SSSR count). The minimum atomic E-state index is -0.310. The van der Waals surface area contributed by atoms with E-state index < -0.39 is 0 Å². The van der Waals surface area contributed by atoms with Crippen LogP contribution < -0.4 is 9.47 Å². The normalized spacial score (nSPS) is 11.2. The molecule has 0 aliphatic rings. The maximum Gasteiger partial charge on any atom is 0.355 e. The predicted octanol–water partition coefficient (Wildman–Crippen LogP) is 10.3. The molecule has 41 heavy (non-hydrogen) atoms. The van der Waals surface area contributed by atoms with E-state index in [0.29, 0.717) is 38.0 Å². The Labute approximate surface area is 249 Å². The number of hydrogen-bond acceptors (Lipinski definition) is 4. The highest BCUT2D eigenvalue weighted by Crippen LogP contribution is 2.38. The molecule has 1 heterocycles. The van der Waals surface area contributed by atoms with Crippen LogP contribution in [0.2, 0.25) is 0 Å². The molecule has 0 amide bonds. The summed E-state index contributed by atoms with van der Waals surface area (Å²) in [6.45, 7) is 24.2. The first kappa shape index (κ1) is 35.6. The van der Waals surface area contributed by atoms with Crippen LogP contribution in [0.4, 0.5) is 0 Å². The zero-order chi connectivity index (χ0) is 30.8. The second-order valence-corrected chi connectivity index (χ2v) is 10.3. The van der Waals surface area contributed by atoms with Crippen molar-refractivity contribution in [2.75, 3.05) is 19.8 Å². The number of nitrogens with zero attached hydrogens (tertiary/aromatic N) is 1. The summed E-state index contributed by atoms with van der Waals surface area (Å²) in [5.74, 6) is 1.86. The number of aryl methyl sites for hydroxylation is 1. The zero-order valence-corrected chi connectivity index (χ0v) is 27.0. The van der Waals surface area contributed by atoms with Crippen molar-refractivity contribution < 1.29 is 19.0 Å². The summed E-state index contributed by atoms with van der Waals surface area (Å²) in [5, 5.41) is 0.985. The molecular weight excluding hydrogens is 510 g/mol. The van der Waals surface area contributed by atoms with Crippen LogP contribution in [0.15, 0.2) is 66.8 Å². The van der Waals surface area contributed by atoms with E-state index >= 15 is 0 Å². The molecule has 0 saturated heterocycles. The lowest BCUT2D eigenvalue weighted by Gasteiger charge is -2.13. The van der Waals surface area contributed by atoms with Crippen LogP contribution in [0.3, 0.4) is 0 Å². The third-order valence-corrected chi connectivity index (χ3v) is 6.09. The van der Waals surface area contributed by atoms with E-state index in [9.17, 15) is 4.79 Å². The molecule has 5 heteroatoms. The van der Waals surface area contributed by atoms with E-state index in [2.05, 4.69) is 27.4 Å². The molecule has 1 aromatic heterocycles. The lowest BCUT2D eigenvalue weighted by atomic mass is 10.0. The van der Waals surface area contributed by atoms with Crippen LogP contribution >= 0.6 is 0 Å². The van der Waals surface area contributed by atoms with Crippen molar-refractivity contribution in [1.82, 2.24) is 4.57 Å². The third-order valence-electron chi connectivity index (χ3n) is 6.09. The highest BCUT2D eigenvalue weighted by Gasteiger charge is 2.25. The second-order valence-electron chi connectivity index (χ2n) is 10.3. The molecule has 5 nitrogen and oxygen atoms in total. The summed E-state index contributed by atoms with van der Waals surface area (Å²) < 4.78 is 19.4. The number of benzene rings is 2. The van der Waals surface area contributed by atoms with Gasteiger partial charge in [-0.05, 0) is 96.2 Å². The standard InChI is InChI=1S/C28H37NO4.2C4H8/c1-6-10-20(5)19-33-22-13-11-21(12-14-22)26-24-18-23(32-17-7-2)15-16-25(24)29(8-3)27(26)28(30)31-9-4;1-4(2)3;1-3-4-2/h11-16,18,20H,6-10,17,19H2,1-5H3;1H2,2-3H3;3-4H,1-2H3/b;;4-3-. The topological polar surface area (TPSA) is 49.7 Å². The summed E-state index contributed by atoms with van der Waals surface area (Å²) in [7, 11) is 0. The van der Waals surface area contributed by atoms with Crippen molar-refractivity contribution in [3.63, 3.8) is 0 Å². The number of rotatable bonds is 12. The van der Waals surface area contributed by atoms with Crippen LogP contribution in [0.5, 0.6) is 11.5 Å². The molecule has 3 aromatic rings. The Morgan fingerprint density at radius 1 is 0.927 bits per heavy atom. The molecular formula is C36H53NO4. The van der Waals surface area contributed by atoms with Gasteiger partial charge in [0.1, 0.15) is 17.2 Å². The molecule has 0 bridgehead atoms. The Morgan fingerprint density at radius 3 is 2.05 bits per heavy atom. The van der Waals surface area contributed by atoms with Gasteiger partial charge in [-0.2, -0.15) is 0 Å². The Bertz CT molecular complexity index is 1210. The van der Waals surface area contributed by atoms with Crippen LogP contribution in [0.1, 0.15) is 92.1 Å². The molecule has 1 atom stereocenters. The highest BCUT2D eigenvalue weighted by molar-refractivity contribution is 6.09. The molecule has 0 aliphatic carbocycles. The number of fused-ring (bicyclic) bond motifs is 1. The Kier molecular flexibility index (Phi) is 17.0. The Hall–Kier alpha value is -3.47. The van der Waals surface area contributed by atoms with E-state index in [1.807, 2.05) is 101 Å². The minimum Gasteiger partial charge on any atom is -0.494 e. The van der Waals surface area contributed by atoms with Gasteiger partial charge in [-0.15, -0.1) is 6.58 Å². The number of aromatic nitrogens is 1. The van der Waals surface area contributed by atoms with Crippen molar-refractivity contribution in [3.05, 3.63) is 72.5 Å². The van der Waals surface area contributed by atoms with Gasteiger partial charge in [-0.25, -0.2) is 4.79 Å². The number of carbonyl (C=O) groups is 1. The first-order valence-corrected chi connectivity index (χ1v) is 15.1. The number of allylic oxidation sites excluding steroid dienone is 3. The fourth-order valence-corrected chi connectivity index (χ4v) is 4.21. The molecule has 0 fully saturated rings. The van der Waals surface area contributed by atoms with Gasteiger partial charge in [-0.1, -0.05) is 57.0 Å². The largest absolute Gasteiger partial charge is 0.494 e. The van der Waals surface area contributed by atoms with E-state index in [1.54, 1.807) is 0 Å². The van der Waals surface area contributed by atoms with Crippen molar-refractivity contribution in [2.45, 2.75) is 88.1 Å². The SMILES string of the molecule is C/C=C\C.C=C(C)C.CCCOc1ccc2c(c1)c(-c1ccc(OCC(C)CCC)cc1)c(C(=O)OCC)n2CC. The monoisotopic (exact) mass is 563 g/mol. The van der Waals surface area contributed by atoms with Crippen LogP contribution in [-0.2, 0) is 11.3 Å². The molecule has 0 aliphatic heterocycles. The van der Waals surface area contributed by atoms with Gasteiger partial charge < -0.3 is 18.8 Å². The summed E-state index contributed by atoms with van der Waals surface area (Å²) in [6, 6.07) is 14.0. The fourth-order valence-electron chi connectivity index (χ4n) is 4.21. The first-order chi connectivity index (χ1) is 19.7. The van der Waals surface area contributed by atoms with Crippen LogP contribution in [0.25, 0.3) is 22.0 Å². The summed E-state index contributed by atoms with van der Waals surface area (Å²) in [6.07, 6.45) is 7.25. The molecule has 0 spiro atoms. The van der Waals surface area contributed by atoms with Crippen molar-refractivity contribution in [3.8, 4) is 22.6 Å². The minimum absolute atomic E-state index is 0.310. The quantitative estimate of drug-likeness (QED) is 0.162. The average molecular weight is 564 g/mol. The molecule has 0 saturated carbocycles. The van der Waals surface area contributed by atoms with Crippen molar-refractivity contribution in [1.29, 1.82) is 0 Å². The molecule has 226 valence electrons. The number of hydrogen-bond donors (Lipinski definition) is 0. The van der Waals surface area contributed by atoms with E-state index in [1.165, 1.54) is 5.57 Å². The smallest absolute Gasteiger partial charge is 0.355 e. The van der Waals surface area contributed by atoms with E-state index in [4.69, 9.17) is 14.2 Å². The molecule has 0 radical (unpaired) electrons. The van der Waals surface area contributed by atoms with Crippen molar-refractivity contribution >= 4 is 16.9 Å². The van der Waals surface area contributed by atoms with Crippen LogP contribution in [-0.4, -0.2) is 30.4 Å². The lowest BCUT2D eigenvalue weighted by Crippen LogP contribution is -2.12. The van der Waals surface area contributed by atoms with E-state index in [-0.39, 0.29) is 5.97 Å². The van der Waals surface area contributed by atoms with Gasteiger partial charge in [0.15, 0.2) is 0 Å². The lowest BCUT2D eigenvalue weighted by molar-refractivity contribution is 0.0515. The van der Waals surface area contributed by atoms with Gasteiger partial charge >= 0.3 is 5.97 Å². The summed E-state index contributed by atoms with van der Waals surface area (Å²) in [5.41, 5.74) is 4.57. The first-order valence-electron chi connectivity index (χ1n) is 15.1. The van der Waals surface area contributed by atoms with Crippen molar-refractivity contribution in [2.24, 2.45) is 5.92 Å². The molecule has 2 aromatic carbocycles. The van der Waals surface area contributed by atoms with Gasteiger partial charge in [0.2, 0.25) is 0 Å². The van der Waals surface area contributed by atoms with Gasteiger partial charge in [0, 0.05) is 23.0 Å². The third kappa shape index (κ3) is 11.5. The molecule has 0 N–H and O–H groups in total. The maximum absolute atomic E-state index is 13.1. The van der Waals surface area contributed by atoms with Gasteiger partial charge in [-0.3, -0.25) is 0 Å². The maximum atomic E-state index is 13.1. The zero-order valence-electron chi connectivity index (χ0n) is 27.0. The number of carbonyl (C=O) groups excluding carboxylic acids is 1. The number of ether oxygens (including phenoxy) is 3. The Balaban J connectivity index is 0.000000930. The van der Waals surface area contributed by atoms with Gasteiger partial charge in [0.05, 0.1) is 19.8 Å². The van der Waals surface area contributed by atoms with Gasteiger partial charge in [0.25, 0.3) is 0 Å². The predicted molar refractivity (Wildman–Crippen MR) is 175 cm³/mol. The van der Waals surface area contributed by atoms with E-state index in [0.717, 1.165) is 52.8 Å². The van der Waals surface area contributed by atoms with Crippen LogP contribution in [0, 0.1) is 5.92 Å². The Morgan fingerprint density at radius 2 is 1.54 bits per heavy atom. The molecule has 1 unspecified atom stereocenters. The fraction of sp³-hybridized carbons (Fsp3) is 0.472. The summed E-state index contributed by atoms with van der Waals surface area (Å²) >= 11 is 0. The summed E-state index contributed by atoms with van der Waals surface area (Å²) in [4.78, 5) is 13.1. The highest BCUT2D eigenvalue weighted by atomic mass is 16.5. The average Bonchev–Trinajstić information content (AvgIpc) is 3.29. The second kappa shape index (κ2) is 19.6. The number of esters is 1.